The maximum atomic E-state index is 12.8. The monoisotopic (exact) mass is 407 g/mol. The lowest BCUT2D eigenvalue weighted by Crippen LogP contribution is -2.38. The first-order valence-electron chi connectivity index (χ1n) is 9.42. The van der Waals surface area contributed by atoms with Crippen molar-refractivity contribution in [2.45, 2.75) is 12.8 Å². The molecule has 0 bridgehead atoms. The van der Waals surface area contributed by atoms with Crippen LogP contribution in [0.15, 0.2) is 54.2 Å². The molecule has 1 aromatic carbocycles. The van der Waals surface area contributed by atoms with Gasteiger partial charge in [-0.3, -0.25) is 14.6 Å². The number of primary amides is 1. The highest BCUT2D eigenvalue weighted by molar-refractivity contribution is 7.13. The van der Waals surface area contributed by atoms with Crippen LogP contribution in [-0.4, -0.2) is 34.9 Å². The highest BCUT2D eigenvalue weighted by Crippen LogP contribution is 2.30. The zero-order valence-corrected chi connectivity index (χ0v) is 16.6. The number of nitrogens with two attached hydrogens (primary N) is 1. The third kappa shape index (κ3) is 4.27. The average molecular weight is 407 g/mol. The van der Waals surface area contributed by atoms with Gasteiger partial charge in [-0.05, 0) is 37.1 Å². The van der Waals surface area contributed by atoms with Gasteiger partial charge in [-0.15, -0.1) is 11.3 Å². The molecule has 3 aromatic rings. The molecule has 1 saturated heterocycles. The molecular formula is C21H21N5O2S. The number of hydrogen-bond acceptors (Lipinski definition) is 6. The van der Waals surface area contributed by atoms with Crippen molar-refractivity contribution < 1.29 is 9.59 Å². The van der Waals surface area contributed by atoms with Crippen molar-refractivity contribution in [1.29, 1.82) is 0 Å². The number of rotatable bonds is 5. The van der Waals surface area contributed by atoms with Gasteiger partial charge in [-0.25, -0.2) is 4.98 Å². The van der Waals surface area contributed by atoms with E-state index in [4.69, 9.17) is 5.73 Å². The minimum Gasteiger partial charge on any atom is -0.370 e. The van der Waals surface area contributed by atoms with Gasteiger partial charge in [0.1, 0.15) is 10.7 Å². The molecule has 1 aliphatic rings. The zero-order valence-electron chi connectivity index (χ0n) is 15.7. The maximum absolute atomic E-state index is 12.8. The molecule has 1 fully saturated rings. The summed E-state index contributed by atoms with van der Waals surface area (Å²) in [6, 6.07) is 11.4. The Hall–Kier alpha value is -3.26. The summed E-state index contributed by atoms with van der Waals surface area (Å²) in [5.74, 6) is -0.560. The molecule has 2 amide bonds. The van der Waals surface area contributed by atoms with Crippen LogP contribution in [0.4, 0.5) is 11.4 Å². The number of hydrogen-bond donors (Lipinski definition) is 2. The number of para-hydroxylation sites is 2. The summed E-state index contributed by atoms with van der Waals surface area (Å²) >= 11 is 1.42. The van der Waals surface area contributed by atoms with E-state index in [0.29, 0.717) is 5.69 Å². The van der Waals surface area contributed by atoms with Gasteiger partial charge >= 0.3 is 0 Å². The normalized spacial score (nSPS) is 14.6. The maximum Gasteiger partial charge on any atom is 0.275 e. The number of carbonyl (C=O) groups excluding carboxylic acids is 2. The summed E-state index contributed by atoms with van der Waals surface area (Å²) in [7, 11) is 0. The van der Waals surface area contributed by atoms with Gasteiger partial charge < -0.3 is 16.0 Å². The average Bonchev–Trinajstić information content (AvgIpc) is 3.25. The Bertz CT molecular complexity index is 1010. The Labute approximate surface area is 172 Å². The van der Waals surface area contributed by atoms with E-state index in [-0.39, 0.29) is 17.7 Å². The predicted molar refractivity (Wildman–Crippen MR) is 114 cm³/mol. The van der Waals surface area contributed by atoms with Gasteiger partial charge in [0, 0.05) is 42.3 Å². The molecule has 4 rings (SSSR count). The highest BCUT2D eigenvalue weighted by atomic mass is 32.1. The summed E-state index contributed by atoms with van der Waals surface area (Å²) in [4.78, 5) is 34.8. The van der Waals surface area contributed by atoms with Crippen LogP contribution in [0.5, 0.6) is 0 Å². The minimum atomic E-state index is -0.249. The summed E-state index contributed by atoms with van der Waals surface area (Å²) in [5.41, 5.74) is 8.41. The molecule has 0 atom stereocenters. The quantitative estimate of drug-likeness (QED) is 0.677. The molecule has 148 valence electrons. The first kappa shape index (κ1) is 19.1. The SMILES string of the molecule is NC(=O)C1CCN(c2ccccc2NC(=O)c2csc(-c3ccncc3)n2)CC1. The molecule has 0 unspecified atom stereocenters. The van der Waals surface area contributed by atoms with Crippen molar-refractivity contribution >= 4 is 34.5 Å². The molecule has 3 heterocycles. The minimum absolute atomic E-state index is 0.0744. The van der Waals surface area contributed by atoms with Crippen LogP contribution in [-0.2, 0) is 4.79 Å². The topological polar surface area (TPSA) is 101 Å². The van der Waals surface area contributed by atoms with Gasteiger partial charge in [-0.1, -0.05) is 12.1 Å². The molecule has 0 radical (unpaired) electrons. The summed E-state index contributed by atoms with van der Waals surface area (Å²) in [6.07, 6.45) is 4.85. The van der Waals surface area contributed by atoms with Crippen LogP contribution < -0.4 is 16.0 Å². The van der Waals surface area contributed by atoms with E-state index in [9.17, 15) is 9.59 Å². The molecule has 2 aromatic heterocycles. The lowest BCUT2D eigenvalue weighted by molar-refractivity contribution is -0.122. The van der Waals surface area contributed by atoms with Gasteiger partial charge in [-0.2, -0.15) is 0 Å². The molecule has 29 heavy (non-hydrogen) atoms. The summed E-state index contributed by atoms with van der Waals surface area (Å²) in [6.45, 7) is 1.45. The Kier molecular flexibility index (Phi) is 5.53. The van der Waals surface area contributed by atoms with E-state index in [0.717, 1.165) is 47.9 Å². The van der Waals surface area contributed by atoms with Crippen LogP contribution in [0.3, 0.4) is 0 Å². The fourth-order valence-electron chi connectivity index (χ4n) is 3.45. The van der Waals surface area contributed by atoms with Gasteiger partial charge in [0.15, 0.2) is 0 Å². The van der Waals surface area contributed by atoms with Crippen molar-refractivity contribution in [2.75, 3.05) is 23.3 Å². The van der Waals surface area contributed by atoms with Crippen molar-refractivity contribution in [2.24, 2.45) is 11.7 Å². The fraction of sp³-hybridized carbons (Fsp3) is 0.238. The van der Waals surface area contributed by atoms with Crippen LogP contribution in [0.25, 0.3) is 10.6 Å². The number of anilines is 2. The molecule has 0 saturated carbocycles. The number of nitrogens with one attached hydrogen (secondary N) is 1. The third-order valence-corrected chi connectivity index (χ3v) is 5.95. The molecular weight excluding hydrogens is 386 g/mol. The van der Waals surface area contributed by atoms with Crippen LogP contribution >= 0.6 is 11.3 Å². The number of thiazole rings is 1. The summed E-state index contributed by atoms with van der Waals surface area (Å²) < 4.78 is 0. The smallest absolute Gasteiger partial charge is 0.275 e. The number of carbonyl (C=O) groups is 2. The molecule has 8 heteroatoms. The zero-order chi connectivity index (χ0) is 20.2. The third-order valence-electron chi connectivity index (χ3n) is 5.05. The molecule has 0 aliphatic carbocycles. The number of amides is 2. The Morgan fingerprint density at radius 3 is 2.55 bits per heavy atom. The van der Waals surface area contributed by atoms with Crippen molar-refractivity contribution in [3.05, 3.63) is 59.9 Å². The largest absolute Gasteiger partial charge is 0.370 e. The van der Waals surface area contributed by atoms with E-state index >= 15 is 0 Å². The van der Waals surface area contributed by atoms with E-state index in [2.05, 4.69) is 20.2 Å². The highest BCUT2D eigenvalue weighted by Gasteiger charge is 2.25. The Balaban J connectivity index is 1.48. The molecule has 7 nitrogen and oxygen atoms in total. The van der Waals surface area contributed by atoms with E-state index < -0.39 is 0 Å². The molecule has 1 aliphatic heterocycles. The van der Waals surface area contributed by atoms with E-state index in [1.807, 2.05) is 36.4 Å². The Morgan fingerprint density at radius 1 is 1.10 bits per heavy atom. The van der Waals surface area contributed by atoms with Crippen molar-refractivity contribution in [3.8, 4) is 10.6 Å². The molecule has 0 spiro atoms. The standard InChI is InChI=1S/C21H21N5O2S/c22-19(27)14-7-11-26(12-8-14)18-4-2-1-3-16(18)24-20(28)17-13-29-21(25-17)15-5-9-23-10-6-15/h1-6,9-10,13-14H,7-8,11-12H2,(H2,22,27)(H,24,28). The van der Waals surface area contributed by atoms with E-state index in [1.165, 1.54) is 11.3 Å². The van der Waals surface area contributed by atoms with Crippen LogP contribution in [0.2, 0.25) is 0 Å². The predicted octanol–water partition coefficient (Wildman–Crippen LogP) is 3.16. The lowest BCUT2D eigenvalue weighted by atomic mass is 9.96. The number of piperidine rings is 1. The Morgan fingerprint density at radius 2 is 1.83 bits per heavy atom. The van der Waals surface area contributed by atoms with Crippen LogP contribution in [0.1, 0.15) is 23.3 Å². The lowest BCUT2D eigenvalue weighted by Gasteiger charge is -2.33. The number of aromatic nitrogens is 2. The molecule has 3 N–H and O–H groups in total. The number of nitrogens with zero attached hydrogens (tertiary/aromatic N) is 3. The first-order valence-corrected chi connectivity index (χ1v) is 10.3. The number of pyridine rings is 1. The first-order chi connectivity index (χ1) is 14.1. The second kappa shape index (κ2) is 8.40. The second-order valence-corrected chi connectivity index (χ2v) is 7.77. The van der Waals surface area contributed by atoms with Crippen LogP contribution in [0, 0.1) is 5.92 Å². The fourth-order valence-corrected chi connectivity index (χ4v) is 4.26. The van der Waals surface area contributed by atoms with Gasteiger partial charge in [0.05, 0.1) is 11.4 Å². The van der Waals surface area contributed by atoms with Crippen molar-refractivity contribution in [1.82, 2.24) is 9.97 Å². The summed E-state index contributed by atoms with van der Waals surface area (Å²) in [5, 5.41) is 5.52. The van der Waals surface area contributed by atoms with Crippen molar-refractivity contribution in [3.63, 3.8) is 0 Å². The second-order valence-electron chi connectivity index (χ2n) is 6.91. The number of benzene rings is 1. The van der Waals surface area contributed by atoms with E-state index in [1.54, 1.807) is 17.8 Å². The van der Waals surface area contributed by atoms with Gasteiger partial charge in [0.25, 0.3) is 5.91 Å². The van der Waals surface area contributed by atoms with Gasteiger partial charge in [0.2, 0.25) is 5.91 Å².